The van der Waals surface area contributed by atoms with E-state index in [0.29, 0.717) is 34.0 Å². The number of thioether (sulfide) groups is 1. The predicted octanol–water partition coefficient (Wildman–Crippen LogP) is 2.13. The molecule has 2 N–H and O–H groups in total. The lowest BCUT2D eigenvalue weighted by molar-refractivity contribution is 0.0940. The number of hydrogen-bond acceptors (Lipinski definition) is 8. The molecular weight excluding hydrogens is 424 g/mol. The van der Waals surface area contributed by atoms with Crippen LogP contribution in [0, 0.1) is 6.92 Å². The third kappa shape index (κ3) is 5.15. The molecule has 0 bridgehead atoms. The van der Waals surface area contributed by atoms with Crippen molar-refractivity contribution < 1.29 is 9.53 Å². The summed E-state index contributed by atoms with van der Waals surface area (Å²) in [5.41, 5.74) is 1.95. The molecule has 30 heavy (non-hydrogen) atoms. The molecule has 0 saturated carbocycles. The summed E-state index contributed by atoms with van der Waals surface area (Å²) in [6, 6.07) is 7.99. The number of carbonyl (C=O) groups is 1. The minimum Gasteiger partial charge on any atom is -0.376 e. The predicted molar refractivity (Wildman–Crippen MR) is 114 cm³/mol. The average Bonchev–Trinajstić information content (AvgIpc) is 3.49. The number of aromatic amines is 1. The second-order valence-electron chi connectivity index (χ2n) is 7.01. The van der Waals surface area contributed by atoms with Crippen LogP contribution < -0.4 is 11.0 Å². The molecule has 1 unspecified atom stereocenters. The number of aryl methyl sites for hydroxylation is 1. The van der Waals surface area contributed by atoms with E-state index in [1.165, 1.54) is 28.7 Å². The molecule has 0 radical (unpaired) electrons. The van der Waals surface area contributed by atoms with Crippen LogP contribution in [0.3, 0.4) is 0 Å². The first-order valence-corrected chi connectivity index (χ1v) is 11.4. The van der Waals surface area contributed by atoms with Gasteiger partial charge >= 0.3 is 5.69 Å². The maximum Gasteiger partial charge on any atom is 0.344 e. The topological polar surface area (TPSA) is 115 Å². The van der Waals surface area contributed by atoms with Crippen LogP contribution in [-0.4, -0.2) is 43.6 Å². The van der Waals surface area contributed by atoms with Crippen molar-refractivity contribution in [2.75, 3.05) is 6.61 Å². The summed E-state index contributed by atoms with van der Waals surface area (Å²) >= 11 is 2.62. The molecule has 2 aromatic heterocycles. The number of ether oxygens (including phenoxy) is 1. The number of carbonyl (C=O) groups excluding carboxylic acids is 1. The van der Waals surface area contributed by atoms with E-state index in [2.05, 4.69) is 25.7 Å². The van der Waals surface area contributed by atoms with Crippen molar-refractivity contribution in [3.63, 3.8) is 0 Å². The number of amides is 1. The molecule has 1 aromatic carbocycles. The molecule has 1 saturated heterocycles. The summed E-state index contributed by atoms with van der Waals surface area (Å²) in [5, 5.41) is 19.1. The highest BCUT2D eigenvalue weighted by Crippen LogP contribution is 2.23. The number of H-pyrrole nitrogens is 1. The van der Waals surface area contributed by atoms with Crippen molar-refractivity contribution in [3.05, 3.63) is 55.9 Å². The van der Waals surface area contributed by atoms with Gasteiger partial charge in [-0.05, 0) is 25.3 Å². The van der Waals surface area contributed by atoms with Crippen molar-refractivity contribution in [1.29, 1.82) is 0 Å². The Bertz CT molecular complexity index is 1050. The van der Waals surface area contributed by atoms with Gasteiger partial charge in [-0.15, -0.1) is 15.3 Å². The number of nitrogens with one attached hydrogen (secondary N) is 2. The summed E-state index contributed by atoms with van der Waals surface area (Å²) in [7, 11) is 0. The first-order chi connectivity index (χ1) is 14.6. The van der Waals surface area contributed by atoms with Crippen LogP contribution in [0.25, 0.3) is 0 Å². The Labute approximate surface area is 181 Å². The SMILES string of the molecule is Cc1ccc(CNC(=O)c2nnc(CSc3n[nH]c(=O)n3CC3CCCO3)s2)cc1. The highest BCUT2D eigenvalue weighted by atomic mass is 32.2. The second kappa shape index (κ2) is 9.54. The fourth-order valence-electron chi connectivity index (χ4n) is 3.06. The van der Waals surface area contributed by atoms with Crippen molar-refractivity contribution in [3.8, 4) is 0 Å². The van der Waals surface area contributed by atoms with E-state index in [0.717, 1.165) is 25.0 Å². The molecule has 1 aliphatic heterocycles. The Balaban J connectivity index is 1.32. The zero-order valence-electron chi connectivity index (χ0n) is 16.5. The molecule has 11 heteroatoms. The van der Waals surface area contributed by atoms with Crippen molar-refractivity contribution in [1.82, 2.24) is 30.3 Å². The van der Waals surface area contributed by atoms with Gasteiger partial charge in [-0.25, -0.2) is 9.89 Å². The van der Waals surface area contributed by atoms with Crippen molar-refractivity contribution >= 4 is 29.0 Å². The van der Waals surface area contributed by atoms with Gasteiger partial charge in [0.15, 0.2) is 5.16 Å². The average molecular weight is 447 g/mol. The third-order valence-electron chi connectivity index (χ3n) is 4.69. The monoisotopic (exact) mass is 446 g/mol. The molecule has 1 atom stereocenters. The molecule has 3 aromatic rings. The molecule has 0 spiro atoms. The summed E-state index contributed by atoms with van der Waals surface area (Å²) in [4.78, 5) is 24.4. The van der Waals surface area contributed by atoms with E-state index < -0.39 is 0 Å². The standard InChI is InChI=1S/C19H22N6O3S2/c1-12-4-6-13(7-5-12)9-20-16(26)17-22-21-15(30-17)11-29-19-24-23-18(27)25(19)10-14-3-2-8-28-14/h4-7,14H,2-3,8-11H2,1H3,(H,20,26)(H,23,27). The number of benzene rings is 1. The van der Waals surface area contributed by atoms with Crippen molar-refractivity contribution in [2.24, 2.45) is 0 Å². The lowest BCUT2D eigenvalue weighted by Gasteiger charge is -2.10. The maximum atomic E-state index is 12.3. The molecule has 0 aliphatic carbocycles. The number of aromatic nitrogens is 5. The maximum absolute atomic E-state index is 12.3. The van der Waals surface area contributed by atoms with E-state index in [9.17, 15) is 9.59 Å². The molecule has 1 amide bonds. The van der Waals surface area contributed by atoms with E-state index in [4.69, 9.17) is 4.74 Å². The summed E-state index contributed by atoms with van der Waals surface area (Å²) < 4.78 is 7.21. The molecule has 4 rings (SSSR count). The Morgan fingerprint density at radius 2 is 2.20 bits per heavy atom. The second-order valence-corrected chi connectivity index (χ2v) is 9.02. The molecule has 1 fully saturated rings. The van der Waals surface area contributed by atoms with Crippen molar-refractivity contribution in [2.45, 2.75) is 49.9 Å². The number of nitrogens with zero attached hydrogens (tertiary/aromatic N) is 4. The lowest BCUT2D eigenvalue weighted by Crippen LogP contribution is -2.24. The Morgan fingerprint density at radius 3 is 2.97 bits per heavy atom. The van der Waals surface area contributed by atoms with Gasteiger partial charge < -0.3 is 10.1 Å². The van der Waals surface area contributed by atoms with Gasteiger partial charge in [-0.1, -0.05) is 52.9 Å². The Hall–Kier alpha value is -2.50. The minimum atomic E-state index is -0.251. The highest BCUT2D eigenvalue weighted by Gasteiger charge is 2.20. The van der Waals surface area contributed by atoms with Crippen LogP contribution in [0.1, 0.15) is 38.8 Å². The fourth-order valence-corrected chi connectivity index (χ4v) is 4.76. The first kappa shape index (κ1) is 20.8. The van der Waals surface area contributed by atoms with Crippen LogP contribution in [0.15, 0.2) is 34.2 Å². The van der Waals surface area contributed by atoms with E-state index in [1.54, 1.807) is 4.57 Å². The van der Waals surface area contributed by atoms with Gasteiger partial charge in [-0.2, -0.15) is 0 Å². The van der Waals surface area contributed by atoms with Gasteiger partial charge in [0.25, 0.3) is 5.91 Å². The normalized spacial score (nSPS) is 16.1. The quantitative estimate of drug-likeness (QED) is 0.509. The van der Waals surface area contributed by atoms with E-state index in [-0.39, 0.29) is 17.7 Å². The van der Waals surface area contributed by atoms with Gasteiger partial charge in [0.2, 0.25) is 5.01 Å². The minimum absolute atomic E-state index is 0.0463. The van der Waals surface area contributed by atoms with E-state index >= 15 is 0 Å². The largest absolute Gasteiger partial charge is 0.376 e. The van der Waals surface area contributed by atoms with Crippen LogP contribution in [0.2, 0.25) is 0 Å². The number of hydrogen-bond donors (Lipinski definition) is 2. The van der Waals surface area contributed by atoms with Crippen LogP contribution in [0.4, 0.5) is 0 Å². The first-order valence-electron chi connectivity index (χ1n) is 9.64. The summed E-state index contributed by atoms with van der Waals surface area (Å²) in [6.45, 7) is 3.68. The van der Waals surface area contributed by atoms with Crippen LogP contribution in [0.5, 0.6) is 0 Å². The smallest absolute Gasteiger partial charge is 0.344 e. The molecule has 1 aliphatic rings. The summed E-state index contributed by atoms with van der Waals surface area (Å²) in [6.07, 6.45) is 2.00. The Kier molecular flexibility index (Phi) is 6.60. The third-order valence-corrected chi connectivity index (χ3v) is 6.79. The zero-order valence-corrected chi connectivity index (χ0v) is 18.1. The Morgan fingerprint density at radius 1 is 1.37 bits per heavy atom. The molecule has 158 valence electrons. The van der Waals surface area contributed by atoms with Gasteiger partial charge in [0, 0.05) is 13.2 Å². The van der Waals surface area contributed by atoms with Gasteiger partial charge in [0.05, 0.1) is 18.4 Å². The van der Waals surface area contributed by atoms with Crippen LogP contribution in [-0.2, 0) is 23.6 Å². The van der Waals surface area contributed by atoms with E-state index in [1.807, 2.05) is 31.2 Å². The van der Waals surface area contributed by atoms with Gasteiger partial charge in [0.1, 0.15) is 5.01 Å². The van der Waals surface area contributed by atoms with Gasteiger partial charge in [-0.3, -0.25) is 9.36 Å². The molecular formula is C19H22N6O3S2. The number of rotatable bonds is 8. The molecule has 9 nitrogen and oxygen atoms in total. The fraction of sp³-hybridized carbons (Fsp3) is 0.421. The van der Waals surface area contributed by atoms with Crippen LogP contribution >= 0.6 is 23.1 Å². The molecule has 3 heterocycles. The summed E-state index contributed by atoms with van der Waals surface area (Å²) in [5.74, 6) is 0.220. The lowest BCUT2D eigenvalue weighted by atomic mass is 10.1. The zero-order chi connectivity index (χ0) is 20.9. The highest BCUT2D eigenvalue weighted by molar-refractivity contribution is 7.98.